The van der Waals surface area contributed by atoms with Gasteiger partial charge in [0.25, 0.3) is 5.91 Å². The maximum atomic E-state index is 12.7. The molecule has 2 aromatic carbocycles. The van der Waals surface area contributed by atoms with Crippen molar-refractivity contribution in [1.29, 1.82) is 0 Å². The number of amides is 1. The molecule has 0 aliphatic heterocycles. The van der Waals surface area contributed by atoms with E-state index in [1.54, 1.807) is 26.0 Å². The number of hydrogen-bond acceptors (Lipinski definition) is 5. The first-order valence-corrected chi connectivity index (χ1v) is 10.2. The average Bonchev–Trinajstić information content (AvgIpc) is 3.11. The van der Waals surface area contributed by atoms with Crippen molar-refractivity contribution < 1.29 is 17.6 Å². The van der Waals surface area contributed by atoms with E-state index in [9.17, 15) is 13.2 Å². The number of hydrogen-bond donors (Lipinski definition) is 2. The van der Waals surface area contributed by atoms with Crippen LogP contribution in [-0.2, 0) is 23.1 Å². The van der Waals surface area contributed by atoms with Crippen LogP contribution < -0.4 is 10.0 Å². The van der Waals surface area contributed by atoms with E-state index >= 15 is 0 Å². The maximum absolute atomic E-state index is 12.7. The fraction of sp³-hybridized carbons (Fsp3) is 0.200. The lowest BCUT2D eigenvalue weighted by atomic mass is 10.1. The lowest BCUT2D eigenvalue weighted by Gasteiger charge is -2.11. The molecule has 0 aliphatic carbocycles. The Morgan fingerprint density at radius 3 is 2.50 bits per heavy atom. The Bertz CT molecular complexity index is 1080. The number of aromatic nitrogens is 1. The average molecular weight is 399 g/mol. The van der Waals surface area contributed by atoms with E-state index < -0.39 is 15.9 Å². The molecule has 1 aromatic heterocycles. The molecular weight excluding hydrogens is 378 g/mol. The van der Waals surface area contributed by atoms with Gasteiger partial charge in [0.2, 0.25) is 10.0 Å². The molecule has 2 N–H and O–H groups in total. The lowest BCUT2D eigenvalue weighted by Crippen LogP contribution is -2.26. The van der Waals surface area contributed by atoms with Gasteiger partial charge in [-0.1, -0.05) is 36.4 Å². The molecule has 0 unspecified atom stereocenters. The molecule has 1 heterocycles. The van der Waals surface area contributed by atoms with Gasteiger partial charge in [-0.05, 0) is 30.2 Å². The molecule has 0 bridgehead atoms. The first-order valence-electron chi connectivity index (χ1n) is 8.69. The van der Waals surface area contributed by atoms with E-state index in [1.165, 1.54) is 12.3 Å². The van der Waals surface area contributed by atoms with Crippen LogP contribution in [0.25, 0.3) is 0 Å². The van der Waals surface area contributed by atoms with E-state index in [1.807, 2.05) is 30.3 Å². The largest absolute Gasteiger partial charge is 0.444 e. The Labute approximate surface area is 163 Å². The SMILES string of the molecule is Cc1ncc(CNC(=O)c2ccc(C)c(S(=O)(=O)NCc3ccccc3)c2)o1. The van der Waals surface area contributed by atoms with Gasteiger partial charge in [-0.15, -0.1) is 0 Å². The van der Waals surface area contributed by atoms with Crippen LogP contribution in [-0.4, -0.2) is 19.3 Å². The number of rotatable bonds is 7. The van der Waals surface area contributed by atoms with Gasteiger partial charge in [0.05, 0.1) is 17.6 Å². The van der Waals surface area contributed by atoms with Crippen LogP contribution in [0, 0.1) is 13.8 Å². The van der Waals surface area contributed by atoms with Crippen molar-refractivity contribution in [2.24, 2.45) is 0 Å². The predicted octanol–water partition coefficient (Wildman–Crippen LogP) is 2.70. The fourth-order valence-electron chi connectivity index (χ4n) is 2.64. The quantitative estimate of drug-likeness (QED) is 0.636. The van der Waals surface area contributed by atoms with Crippen LogP contribution in [0.2, 0.25) is 0 Å². The van der Waals surface area contributed by atoms with Crippen LogP contribution in [0.3, 0.4) is 0 Å². The maximum Gasteiger partial charge on any atom is 0.251 e. The van der Waals surface area contributed by atoms with Crippen LogP contribution in [0.4, 0.5) is 0 Å². The highest BCUT2D eigenvalue weighted by molar-refractivity contribution is 7.89. The number of carbonyl (C=O) groups is 1. The number of nitrogens with one attached hydrogen (secondary N) is 2. The number of oxazole rings is 1. The molecule has 8 heteroatoms. The highest BCUT2D eigenvalue weighted by Crippen LogP contribution is 2.18. The molecule has 0 aliphatic rings. The predicted molar refractivity (Wildman–Crippen MR) is 104 cm³/mol. The number of carbonyl (C=O) groups excluding carboxylic acids is 1. The first kappa shape index (κ1) is 19.8. The van der Waals surface area contributed by atoms with Crippen molar-refractivity contribution in [3.05, 3.63) is 83.1 Å². The van der Waals surface area contributed by atoms with Crippen LogP contribution >= 0.6 is 0 Å². The van der Waals surface area contributed by atoms with Crippen molar-refractivity contribution in [3.63, 3.8) is 0 Å². The van der Waals surface area contributed by atoms with Crippen LogP contribution in [0.15, 0.2) is 64.0 Å². The lowest BCUT2D eigenvalue weighted by molar-refractivity contribution is 0.0947. The molecule has 3 aromatic rings. The van der Waals surface area contributed by atoms with E-state index in [0.717, 1.165) is 5.56 Å². The molecule has 0 radical (unpaired) electrons. The molecule has 146 valence electrons. The smallest absolute Gasteiger partial charge is 0.251 e. The van der Waals surface area contributed by atoms with E-state index in [0.29, 0.717) is 17.2 Å². The summed E-state index contributed by atoms with van der Waals surface area (Å²) in [6.07, 6.45) is 1.54. The van der Waals surface area contributed by atoms with Crippen molar-refractivity contribution in [1.82, 2.24) is 15.0 Å². The minimum absolute atomic E-state index is 0.0755. The van der Waals surface area contributed by atoms with Gasteiger partial charge in [0.15, 0.2) is 5.89 Å². The zero-order valence-electron chi connectivity index (χ0n) is 15.6. The highest BCUT2D eigenvalue weighted by Gasteiger charge is 2.19. The standard InChI is InChI=1S/C20H21N3O4S/c1-14-8-9-17(20(24)22-13-18-12-21-15(2)27-18)10-19(14)28(25,26)23-11-16-6-4-3-5-7-16/h3-10,12,23H,11,13H2,1-2H3,(H,22,24). The minimum atomic E-state index is -3.77. The summed E-state index contributed by atoms with van der Waals surface area (Å²) >= 11 is 0. The Kier molecular flexibility index (Phi) is 5.91. The number of sulfonamides is 1. The summed E-state index contributed by atoms with van der Waals surface area (Å²) in [6, 6.07) is 13.8. The third-order valence-corrected chi connectivity index (χ3v) is 5.68. The molecule has 0 fully saturated rings. The highest BCUT2D eigenvalue weighted by atomic mass is 32.2. The third kappa shape index (κ3) is 4.85. The monoisotopic (exact) mass is 399 g/mol. The molecule has 3 rings (SSSR count). The van der Waals surface area contributed by atoms with Crippen LogP contribution in [0.1, 0.15) is 33.1 Å². The summed E-state index contributed by atoms with van der Waals surface area (Å²) in [6.45, 7) is 3.74. The summed E-state index contributed by atoms with van der Waals surface area (Å²) < 4.78 is 33.3. The van der Waals surface area contributed by atoms with Crippen molar-refractivity contribution in [3.8, 4) is 0 Å². The molecule has 7 nitrogen and oxygen atoms in total. The van der Waals surface area contributed by atoms with Crippen LogP contribution in [0.5, 0.6) is 0 Å². The first-order chi connectivity index (χ1) is 13.3. The van der Waals surface area contributed by atoms with Crippen molar-refractivity contribution in [2.45, 2.75) is 31.8 Å². The second-order valence-electron chi connectivity index (χ2n) is 6.32. The van der Waals surface area contributed by atoms with E-state index in [2.05, 4.69) is 15.0 Å². The molecule has 0 atom stereocenters. The summed E-state index contributed by atoms with van der Waals surface area (Å²) in [4.78, 5) is 16.4. The Morgan fingerprint density at radius 1 is 1.07 bits per heavy atom. The van der Waals surface area contributed by atoms with Gasteiger partial charge in [0.1, 0.15) is 5.76 Å². The number of aryl methyl sites for hydroxylation is 2. The minimum Gasteiger partial charge on any atom is -0.444 e. The van der Waals surface area contributed by atoms with Gasteiger partial charge < -0.3 is 9.73 Å². The molecule has 1 amide bonds. The molecule has 0 saturated heterocycles. The topological polar surface area (TPSA) is 101 Å². The van der Waals surface area contributed by atoms with Gasteiger partial charge in [-0.3, -0.25) is 4.79 Å². The summed E-state index contributed by atoms with van der Waals surface area (Å²) in [5.41, 5.74) is 1.66. The van der Waals surface area contributed by atoms with Crippen molar-refractivity contribution >= 4 is 15.9 Å². The summed E-state index contributed by atoms with van der Waals surface area (Å²) in [7, 11) is -3.77. The van der Waals surface area contributed by atoms with Gasteiger partial charge in [0, 0.05) is 19.0 Å². The molecule has 28 heavy (non-hydrogen) atoms. The Balaban J connectivity index is 1.73. The van der Waals surface area contributed by atoms with E-state index in [-0.39, 0.29) is 23.5 Å². The Morgan fingerprint density at radius 2 is 1.82 bits per heavy atom. The summed E-state index contributed by atoms with van der Waals surface area (Å²) in [5, 5.41) is 2.70. The summed E-state index contributed by atoms with van der Waals surface area (Å²) in [5.74, 6) is 0.640. The molecule has 0 saturated carbocycles. The second-order valence-corrected chi connectivity index (χ2v) is 8.05. The van der Waals surface area contributed by atoms with Gasteiger partial charge in [-0.25, -0.2) is 18.1 Å². The zero-order valence-corrected chi connectivity index (χ0v) is 16.4. The third-order valence-electron chi connectivity index (χ3n) is 4.14. The van der Waals surface area contributed by atoms with Crippen molar-refractivity contribution in [2.75, 3.05) is 0 Å². The molecule has 0 spiro atoms. The van der Waals surface area contributed by atoms with Gasteiger partial charge in [-0.2, -0.15) is 0 Å². The van der Waals surface area contributed by atoms with E-state index in [4.69, 9.17) is 4.42 Å². The Hall–Kier alpha value is -2.97. The van der Waals surface area contributed by atoms with Gasteiger partial charge >= 0.3 is 0 Å². The number of benzene rings is 2. The number of nitrogens with zero attached hydrogens (tertiary/aromatic N) is 1. The fourth-order valence-corrected chi connectivity index (χ4v) is 3.93. The normalized spacial score (nSPS) is 11.4. The molecular formula is C20H21N3O4S. The second kappa shape index (κ2) is 8.37. The zero-order chi connectivity index (χ0) is 20.1.